The maximum atomic E-state index is 12.3. The van der Waals surface area contributed by atoms with Crippen LogP contribution < -0.4 is 5.32 Å². The van der Waals surface area contributed by atoms with E-state index < -0.39 is 22.9 Å². The van der Waals surface area contributed by atoms with Crippen molar-refractivity contribution in [1.82, 2.24) is 0 Å². The summed E-state index contributed by atoms with van der Waals surface area (Å²) in [7, 11) is 0. The van der Waals surface area contributed by atoms with Crippen LogP contribution in [0.5, 0.6) is 0 Å². The van der Waals surface area contributed by atoms with Gasteiger partial charge in [-0.25, -0.2) is 4.79 Å². The molecule has 1 atom stereocenters. The molecule has 0 aliphatic carbocycles. The van der Waals surface area contributed by atoms with Gasteiger partial charge in [-0.15, -0.1) is 0 Å². The number of esters is 1. The number of para-hydroxylation sites is 1. The molecule has 1 amide bonds. The Kier molecular flexibility index (Phi) is 5.65. The minimum absolute atomic E-state index is 0.0104. The Labute approximate surface area is 149 Å². The van der Waals surface area contributed by atoms with Crippen LogP contribution in [0, 0.1) is 28.4 Å². The Morgan fingerprint density at radius 2 is 1.92 bits per heavy atom. The summed E-state index contributed by atoms with van der Waals surface area (Å²) in [4.78, 5) is 34.8. The van der Waals surface area contributed by atoms with E-state index in [1.807, 2.05) is 6.07 Å². The van der Waals surface area contributed by atoms with Gasteiger partial charge in [0.1, 0.15) is 6.07 Å². The second-order valence-electron chi connectivity index (χ2n) is 5.40. The lowest BCUT2D eigenvalue weighted by molar-refractivity contribution is -0.385. The van der Waals surface area contributed by atoms with Gasteiger partial charge in [-0.2, -0.15) is 5.26 Å². The number of ether oxygens (including phenoxy) is 1. The maximum absolute atomic E-state index is 12.3. The molecule has 0 bridgehead atoms. The molecule has 1 N–H and O–H groups in total. The van der Waals surface area contributed by atoms with Gasteiger partial charge < -0.3 is 10.1 Å². The standard InChI is InChI=1S/C18H15N3O5/c1-11-14(7-5-9-16(11)21(24)25)18(23)26-12(2)17(22)20-15-8-4-3-6-13(15)10-19/h3-9,12H,1-2H3,(H,20,22)/t12-/m1/s1. The van der Waals surface area contributed by atoms with E-state index in [-0.39, 0.29) is 22.4 Å². The zero-order valence-electron chi connectivity index (χ0n) is 14.1. The molecule has 0 heterocycles. The maximum Gasteiger partial charge on any atom is 0.339 e. The molecule has 26 heavy (non-hydrogen) atoms. The molecule has 0 aromatic heterocycles. The fourth-order valence-corrected chi connectivity index (χ4v) is 2.24. The van der Waals surface area contributed by atoms with E-state index >= 15 is 0 Å². The third-order valence-electron chi connectivity index (χ3n) is 3.68. The topological polar surface area (TPSA) is 122 Å². The van der Waals surface area contributed by atoms with Crippen molar-refractivity contribution in [2.75, 3.05) is 5.32 Å². The lowest BCUT2D eigenvalue weighted by Crippen LogP contribution is -2.30. The summed E-state index contributed by atoms with van der Waals surface area (Å²) in [5, 5.41) is 22.5. The number of anilines is 1. The van der Waals surface area contributed by atoms with Crippen LogP contribution in [-0.2, 0) is 9.53 Å². The van der Waals surface area contributed by atoms with E-state index in [9.17, 15) is 19.7 Å². The van der Waals surface area contributed by atoms with Crippen molar-refractivity contribution in [3.8, 4) is 6.07 Å². The second kappa shape index (κ2) is 7.90. The molecular formula is C18H15N3O5. The number of nitro benzene ring substituents is 1. The van der Waals surface area contributed by atoms with Gasteiger partial charge in [0.15, 0.2) is 6.10 Å². The van der Waals surface area contributed by atoms with Gasteiger partial charge in [-0.3, -0.25) is 14.9 Å². The molecular weight excluding hydrogens is 338 g/mol. The molecule has 0 unspecified atom stereocenters. The average molecular weight is 353 g/mol. The highest BCUT2D eigenvalue weighted by Crippen LogP contribution is 2.22. The number of amides is 1. The van der Waals surface area contributed by atoms with Crippen LogP contribution in [0.25, 0.3) is 0 Å². The molecule has 2 rings (SSSR count). The molecule has 0 aliphatic heterocycles. The summed E-state index contributed by atoms with van der Waals surface area (Å²) in [5.74, 6) is -1.47. The summed E-state index contributed by atoms with van der Waals surface area (Å²) in [6.45, 7) is 2.80. The predicted octanol–water partition coefficient (Wildman–Crippen LogP) is 2.96. The van der Waals surface area contributed by atoms with Crippen molar-refractivity contribution in [2.24, 2.45) is 0 Å². The van der Waals surface area contributed by atoms with E-state index in [4.69, 9.17) is 10.00 Å². The first-order valence-corrected chi connectivity index (χ1v) is 7.60. The van der Waals surface area contributed by atoms with Crippen molar-refractivity contribution >= 4 is 23.3 Å². The number of hydrogen-bond acceptors (Lipinski definition) is 6. The van der Waals surface area contributed by atoms with Gasteiger partial charge in [0.25, 0.3) is 11.6 Å². The summed E-state index contributed by atoms with van der Waals surface area (Å²) in [6, 6.07) is 12.4. The molecule has 0 saturated carbocycles. The first-order valence-electron chi connectivity index (χ1n) is 7.60. The minimum atomic E-state index is -1.16. The number of nitrogens with zero attached hydrogens (tertiary/aromatic N) is 2. The second-order valence-corrected chi connectivity index (χ2v) is 5.40. The number of carbonyl (C=O) groups excluding carboxylic acids is 2. The molecule has 8 nitrogen and oxygen atoms in total. The summed E-state index contributed by atoms with van der Waals surface area (Å²) < 4.78 is 5.10. The Morgan fingerprint density at radius 1 is 1.23 bits per heavy atom. The van der Waals surface area contributed by atoms with Gasteiger partial charge >= 0.3 is 5.97 Å². The zero-order chi connectivity index (χ0) is 19.3. The fraction of sp³-hybridized carbons (Fsp3) is 0.167. The Balaban J connectivity index is 2.12. The number of benzene rings is 2. The van der Waals surface area contributed by atoms with Crippen LogP contribution in [0.3, 0.4) is 0 Å². The molecule has 0 spiro atoms. The number of hydrogen-bond donors (Lipinski definition) is 1. The van der Waals surface area contributed by atoms with E-state index in [0.29, 0.717) is 5.69 Å². The van der Waals surface area contributed by atoms with Crippen molar-refractivity contribution in [2.45, 2.75) is 20.0 Å². The first kappa shape index (κ1) is 18.6. The van der Waals surface area contributed by atoms with Gasteiger partial charge in [-0.1, -0.05) is 18.2 Å². The molecule has 0 fully saturated rings. The summed E-state index contributed by atoms with van der Waals surface area (Å²) in [5.41, 5.74) is 0.532. The van der Waals surface area contributed by atoms with Crippen LogP contribution in [0.15, 0.2) is 42.5 Å². The van der Waals surface area contributed by atoms with Gasteiger partial charge in [0, 0.05) is 11.6 Å². The lowest BCUT2D eigenvalue weighted by Gasteiger charge is -2.15. The monoisotopic (exact) mass is 353 g/mol. The number of rotatable bonds is 5. The highest BCUT2D eigenvalue weighted by molar-refractivity contribution is 5.98. The molecule has 2 aromatic rings. The van der Waals surface area contributed by atoms with Crippen LogP contribution in [-0.4, -0.2) is 22.9 Å². The van der Waals surface area contributed by atoms with Crippen molar-refractivity contribution in [3.63, 3.8) is 0 Å². The third-order valence-corrected chi connectivity index (χ3v) is 3.68. The number of carbonyl (C=O) groups is 2. The SMILES string of the molecule is Cc1c(C(=O)O[C@H](C)C(=O)Nc2ccccc2C#N)cccc1[N+](=O)[O-]. The Bertz CT molecular complexity index is 917. The average Bonchev–Trinajstić information content (AvgIpc) is 2.61. The largest absolute Gasteiger partial charge is 0.449 e. The van der Waals surface area contributed by atoms with Gasteiger partial charge in [0.05, 0.1) is 21.7 Å². The van der Waals surface area contributed by atoms with E-state index in [1.165, 1.54) is 32.0 Å². The van der Waals surface area contributed by atoms with Crippen LogP contribution in [0.2, 0.25) is 0 Å². The Morgan fingerprint density at radius 3 is 2.58 bits per heavy atom. The molecule has 2 aromatic carbocycles. The lowest BCUT2D eigenvalue weighted by atomic mass is 10.1. The number of nitro groups is 1. The zero-order valence-corrected chi connectivity index (χ0v) is 14.1. The number of nitrogens with one attached hydrogen (secondary N) is 1. The van der Waals surface area contributed by atoms with E-state index in [0.717, 1.165) is 0 Å². The summed E-state index contributed by atoms with van der Waals surface area (Å²) in [6.07, 6.45) is -1.16. The Hall–Kier alpha value is -3.73. The minimum Gasteiger partial charge on any atom is -0.449 e. The molecule has 132 valence electrons. The smallest absolute Gasteiger partial charge is 0.339 e. The first-order chi connectivity index (χ1) is 12.3. The molecule has 0 radical (unpaired) electrons. The molecule has 0 aliphatic rings. The highest BCUT2D eigenvalue weighted by Gasteiger charge is 2.23. The van der Waals surface area contributed by atoms with Gasteiger partial charge in [0.2, 0.25) is 0 Å². The van der Waals surface area contributed by atoms with Crippen molar-refractivity contribution in [3.05, 3.63) is 69.3 Å². The highest BCUT2D eigenvalue weighted by atomic mass is 16.6. The van der Waals surface area contributed by atoms with Crippen LogP contribution in [0.1, 0.15) is 28.4 Å². The normalized spacial score (nSPS) is 11.1. The van der Waals surface area contributed by atoms with Crippen LogP contribution >= 0.6 is 0 Å². The van der Waals surface area contributed by atoms with E-state index in [2.05, 4.69) is 5.32 Å². The quantitative estimate of drug-likeness (QED) is 0.501. The summed E-state index contributed by atoms with van der Waals surface area (Å²) >= 11 is 0. The van der Waals surface area contributed by atoms with Crippen molar-refractivity contribution in [1.29, 1.82) is 5.26 Å². The van der Waals surface area contributed by atoms with Gasteiger partial charge in [-0.05, 0) is 32.0 Å². The molecule has 8 heteroatoms. The van der Waals surface area contributed by atoms with Crippen LogP contribution in [0.4, 0.5) is 11.4 Å². The predicted molar refractivity (Wildman–Crippen MR) is 92.5 cm³/mol. The van der Waals surface area contributed by atoms with E-state index in [1.54, 1.807) is 24.3 Å². The molecule has 0 saturated heterocycles. The fourth-order valence-electron chi connectivity index (χ4n) is 2.24. The number of nitriles is 1. The van der Waals surface area contributed by atoms with Crippen molar-refractivity contribution < 1.29 is 19.2 Å². The third kappa shape index (κ3) is 4.02.